The van der Waals surface area contributed by atoms with E-state index in [4.69, 9.17) is 4.74 Å². The van der Waals surface area contributed by atoms with Crippen molar-refractivity contribution in [1.82, 2.24) is 9.88 Å². The molecule has 0 bridgehead atoms. The Morgan fingerprint density at radius 1 is 1.22 bits per heavy atom. The topological polar surface area (TPSA) is 45.7 Å². The van der Waals surface area contributed by atoms with Crippen molar-refractivity contribution in [2.75, 3.05) is 24.5 Å². The molecule has 0 radical (unpaired) electrons. The molecule has 1 atom stereocenters. The molecule has 170 valence electrons. The van der Waals surface area contributed by atoms with E-state index in [1.165, 1.54) is 30.4 Å². The number of piperazine rings is 1. The maximum atomic E-state index is 13.0. The summed E-state index contributed by atoms with van der Waals surface area (Å²) in [7, 11) is 0. The number of carbonyl (C=O) groups excluding carboxylic acids is 1. The van der Waals surface area contributed by atoms with Crippen molar-refractivity contribution in [3.05, 3.63) is 53.1 Å². The van der Waals surface area contributed by atoms with E-state index in [-0.39, 0.29) is 12.0 Å². The van der Waals surface area contributed by atoms with Crippen LogP contribution < -0.4 is 9.64 Å². The first-order chi connectivity index (χ1) is 15.1. The van der Waals surface area contributed by atoms with Gasteiger partial charge >= 0.3 is 12.1 Å². The molecule has 0 aliphatic carbocycles. The van der Waals surface area contributed by atoms with Gasteiger partial charge in [0.05, 0.1) is 15.8 Å². The SMILES string of the molecule is CC(=O)Oc1cc(C)cc(CN2CCN(c3nc4ccc(C(F)(F)F)cc4s3)[C@H](C)C2)c1. The molecule has 3 aromatic rings. The number of hydrogen-bond acceptors (Lipinski definition) is 6. The summed E-state index contributed by atoms with van der Waals surface area (Å²) in [5, 5.41) is 0.749. The Morgan fingerprint density at radius 2 is 2.00 bits per heavy atom. The second-order valence-corrected chi connectivity index (χ2v) is 9.21. The van der Waals surface area contributed by atoms with Crippen molar-refractivity contribution in [1.29, 1.82) is 0 Å². The van der Waals surface area contributed by atoms with E-state index in [2.05, 4.69) is 27.8 Å². The molecular weight excluding hydrogens is 439 g/mol. The fourth-order valence-electron chi connectivity index (χ4n) is 4.07. The Labute approximate surface area is 188 Å². The van der Waals surface area contributed by atoms with Crippen LogP contribution in [0.25, 0.3) is 10.2 Å². The predicted molar refractivity (Wildman–Crippen MR) is 119 cm³/mol. The van der Waals surface area contributed by atoms with Crippen LogP contribution in [0.15, 0.2) is 36.4 Å². The number of halogens is 3. The fraction of sp³-hybridized carbons (Fsp3) is 0.391. The zero-order chi connectivity index (χ0) is 23.0. The van der Waals surface area contributed by atoms with Gasteiger partial charge in [0.15, 0.2) is 5.13 Å². The van der Waals surface area contributed by atoms with Crippen LogP contribution in [0.1, 0.15) is 30.5 Å². The minimum Gasteiger partial charge on any atom is -0.427 e. The first-order valence-electron chi connectivity index (χ1n) is 10.3. The molecule has 0 amide bonds. The highest BCUT2D eigenvalue weighted by atomic mass is 32.1. The third-order valence-corrected chi connectivity index (χ3v) is 6.50. The minimum atomic E-state index is -4.36. The summed E-state index contributed by atoms with van der Waals surface area (Å²) in [5.74, 6) is 0.203. The number of benzene rings is 2. The van der Waals surface area contributed by atoms with Crippen LogP contribution in [0.4, 0.5) is 18.3 Å². The molecule has 2 aromatic carbocycles. The molecule has 1 saturated heterocycles. The molecule has 1 fully saturated rings. The van der Waals surface area contributed by atoms with E-state index >= 15 is 0 Å². The number of alkyl halides is 3. The minimum absolute atomic E-state index is 0.157. The van der Waals surface area contributed by atoms with Crippen LogP contribution in [-0.4, -0.2) is 41.5 Å². The molecule has 1 aliphatic rings. The van der Waals surface area contributed by atoms with Crippen molar-refractivity contribution >= 4 is 32.7 Å². The average Bonchev–Trinajstić information content (AvgIpc) is 3.09. The Hall–Kier alpha value is -2.65. The first kappa shape index (κ1) is 22.5. The van der Waals surface area contributed by atoms with E-state index in [1.807, 2.05) is 19.1 Å². The normalized spacial score (nSPS) is 17.7. The Kier molecular flexibility index (Phi) is 6.13. The smallest absolute Gasteiger partial charge is 0.416 e. The highest BCUT2D eigenvalue weighted by Crippen LogP contribution is 2.36. The van der Waals surface area contributed by atoms with Gasteiger partial charge in [-0.2, -0.15) is 13.2 Å². The second kappa shape index (κ2) is 8.71. The molecule has 9 heteroatoms. The van der Waals surface area contributed by atoms with E-state index < -0.39 is 11.7 Å². The number of ether oxygens (including phenoxy) is 1. The van der Waals surface area contributed by atoms with Gasteiger partial charge in [0.1, 0.15) is 5.75 Å². The van der Waals surface area contributed by atoms with Crippen LogP contribution in [0.5, 0.6) is 5.75 Å². The van der Waals surface area contributed by atoms with Gasteiger partial charge in [0, 0.05) is 39.1 Å². The number of hydrogen-bond donors (Lipinski definition) is 0. The summed E-state index contributed by atoms with van der Waals surface area (Å²) in [6.45, 7) is 8.49. The summed E-state index contributed by atoms with van der Waals surface area (Å²) in [6.07, 6.45) is -4.36. The number of esters is 1. The van der Waals surface area contributed by atoms with Crippen LogP contribution in [0.3, 0.4) is 0 Å². The highest BCUT2D eigenvalue weighted by Gasteiger charge is 2.31. The molecule has 1 aliphatic heterocycles. The fourth-order valence-corrected chi connectivity index (χ4v) is 5.20. The zero-order valence-electron chi connectivity index (χ0n) is 18.1. The number of anilines is 1. The molecule has 0 N–H and O–H groups in total. The summed E-state index contributed by atoms with van der Waals surface area (Å²) in [5.41, 5.74) is 2.04. The number of fused-ring (bicyclic) bond motifs is 1. The van der Waals surface area contributed by atoms with E-state index in [0.717, 1.165) is 48.5 Å². The first-order valence-corrected chi connectivity index (χ1v) is 11.2. The maximum Gasteiger partial charge on any atom is 0.416 e. The van der Waals surface area contributed by atoms with Crippen molar-refractivity contribution in [2.24, 2.45) is 0 Å². The summed E-state index contributed by atoms with van der Waals surface area (Å²) in [6, 6.07) is 9.66. The zero-order valence-corrected chi connectivity index (χ0v) is 18.9. The van der Waals surface area contributed by atoms with Gasteiger partial charge in [-0.1, -0.05) is 17.4 Å². The number of aromatic nitrogens is 1. The summed E-state index contributed by atoms with van der Waals surface area (Å²) < 4.78 is 44.8. The largest absolute Gasteiger partial charge is 0.427 e. The van der Waals surface area contributed by atoms with Gasteiger partial charge < -0.3 is 9.64 Å². The number of nitrogens with zero attached hydrogens (tertiary/aromatic N) is 3. The van der Waals surface area contributed by atoms with Crippen molar-refractivity contribution in [3.8, 4) is 5.75 Å². The Morgan fingerprint density at radius 3 is 2.69 bits per heavy atom. The third kappa shape index (κ3) is 5.05. The van der Waals surface area contributed by atoms with Crippen molar-refractivity contribution < 1.29 is 22.7 Å². The molecule has 0 unspecified atom stereocenters. The lowest BCUT2D eigenvalue weighted by Crippen LogP contribution is -2.51. The lowest BCUT2D eigenvalue weighted by molar-refractivity contribution is -0.137. The molecular formula is C23H24F3N3O2S. The van der Waals surface area contributed by atoms with Gasteiger partial charge in [-0.05, 0) is 55.3 Å². The molecule has 0 spiro atoms. The third-order valence-electron chi connectivity index (χ3n) is 5.44. The van der Waals surface area contributed by atoms with E-state index in [9.17, 15) is 18.0 Å². The molecule has 5 nitrogen and oxygen atoms in total. The number of thiazole rings is 1. The Balaban J connectivity index is 1.46. The molecule has 4 rings (SSSR count). The quantitative estimate of drug-likeness (QED) is 0.390. The number of carbonyl (C=O) groups is 1. The van der Waals surface area contributed by atoms with Crippen LogP contribution in [0, 0.1) is 6.92 Å². The second-order valence-electron chi connectivity index (χ2n) is 8.20. The van der Waals surface area contributed by atoms with Crippen LogP contribution >= 0.6 is 11.3 Å². The van der Waals surface area contributed by atoms with Gasteiger partial charge in [-0.15, -0.1) is 0 Å². The van der Waals surface area contributed by atoms with Gasteiger partial charge in [-0.3, -0.25) is 9.69 Å². The maximum absolute atomic E-state index is 13.0. The Bertz CT molecular complexity index is 1150. The number of aryl methyl sites for hydroxylation is 1. The monoisotopic (exact) mass is 463 g/mol. The van der Waals surface area contributed by atoms with E-state index in [1.54, 1.807) is 0 Å². The predicted octanol–water partition coefficient (Wildman–Crippen LogP) is 5.26. The van der Waals surface area contributed by atoms with Crippen LogP contribution in [-0.2, 0) is 17.5 Å². The van der Waals surface area contributed by atoms with Crippen LogP contribution in [0.2, 0.25) is 0 Å². The van der Waals surface area contributed by atoms with Gasteiger partial charge in [0.25, 0.3) is 0 Å². The lowest BCUT2D eigenvalue weighted by Gasteiger charge is -2.39. The van der Waals surface area contributed by atoms with Crippen molar-refractivity contribution in [2.45, 2.75) is 39.5 Å². The van der Waals surface area contributed by atoms with Gasteiger partial charge in [0.2, 0.25) is 0 Å². The summed E-state index contributed by atoms with van der Waals surface area (Å²) >= 11 is 1.30. The number of rotatable bonds is 4. The molecule has 1 aromatic heterocycles. The molecule has 32 heavy (non-hydrogen) atoms. The average molecular weight is 464 g/mol. The lowest BCUT2D eigenvalue weighted by atomic mass is 10.1. The summed E-state index contributed by atoms with van der Waals surface area (Å²) in [4.78, 5) is 20.3. The van der Waals surface area contributed by atoms with Crippen molar-refractivity contribution in [3.63, 3.8) is 0 Å². The highest BCUT2D eigenvalue weighted by molar-refractivity contribution is 7.22. The standard InChI is InChI=1S/C23H24F3N3O2S/c1-14-8-17(10-19(9-14)31-16(3)30)13-28-6-7-29(15(2)12-28)22-27-20-5-4-18(23(24,25)26)11-21(20)32-22/h4-5,8-11,15H,6-7,12-13H2,1-3H3/t15-/m1/s1. The van der Waals surface area contributed by atoms with E-state index in [0.29, 0.717) is 16.0 Å². The van der Waals surface area contributed by atoms with Gasteiger partial charge in [-0.25, -0.2) is 4.98 Å². The molecule has 0 saturated carbocycles. The molecule has 2 heterocycles.